The van der Waals surface area contributed by atoms with E-state index in [4.69, 9.17) is 4.74 Å². The third-order valence-corrected chi connectivity index (χ3v) is 4.24. The van der Waals surface area contributed by atoms with E-state index in [0.717, 1.165) is 44.8 Å². The van der Waals surface area contributed by atoms with Crippen molar-refractivity contribution in [1.82, 2.24) is 10.2 Å². The summed E-state index contributed by atoms with van der Waals surface area (Å²) in [4.78, 5) is 14.3. The first kappa shape index (κ1) is 17.8. The quantitative estimate of drug-likeness (QED) is 0.761. The molecule has 1 saturated heterocycles. The molecule has 4 heteroatoms. The fourth-order valence-corrected chi connectivity index (χ4v) is 2.85. The van der Waals surface area contributed by atoms with E-state index in [2.05, 4.69) is 29.3 Å². The minimum absolute atomic E-state index is 0.165. The zero-order chi connectivity index (χ0) is 16.3. The average molecular weight is 318 g/mol. The number of hydrogen-bond donors (Lipinski definition) is 1. The number of benzene rings is 1. The van der Waals surface area contributed by atoms with Crippen molar-refractivity contribution in [3.05, 3.63) is 29.8 Å². The number of amides is 1. The maximum absolute atomic E-state index is 11.9. The lowest BCUT2D eigenvalue weighted by Crippen LogP contribution is -2.34. The third kappa shape index (κ3) is 7.04. The SMILES string of the molecule is CCCOc1ccc(CCNC(=O)CCN2CCCCC2)cc1. The summed E-state index contributed by atoms with van der Waals surface area (Å²) < 4.78 is 5.57. The van der Waals surface area contributed by atoms with Crippen molar-refractivity contribution in [2.45, 2.75) is 45.4 Å². The molecule has 0 radical (unpaired) electrons. The highest BCUT2D eigenvalue weighted by Crippen LogP contribution is 2.12. The van der Waals surface area contributed by atoms with E-state index in [0.29, 0.717) is 13.0 Å². The number of ether oxygens (including phenoxy) is 1. The molecule has 1 fully saturated rings. The topological polar surface area (TPSA) is 41.6 Å². The molecule has 0 unspecified atom stereocenters. The van der Waals surface area contributed by atoms with Gasteiger partial charge in [0.2, 0.25) is 5.91 Å². The molecule has 1 heterocycles. The van der Waals surface area contributed by atoms with Crippen LogP contribution in [0.5, 0.6) is 5.75 Å². The molecule has 4 nitrogen and oxygen atoms in total. The van der Waals surface area contributed by atoms with Crippen LogP contribution in [0.15, 0.2) is 24.3 Å². The Balaban J connectivity index is 1.59. The van der Waals surface area contributed by atoms with Crippen LogP contribution in [0.2, 0.25) is 0 Å². The van der Waals surface area contributed by atoms with Crippen LogP contribution < -0.4 is 10.1 Å². The van der Waals surface area contributed by atoms with Gasteiger partial charge in [-0.3, -0.25) is 4.79 Å². The number of likely N-dealkylation sites (tertiary alicyclic amines) is 1. The number of carbonyl (C=O) groups is 1. The molecule has 23 heavy (non-hydrogen) atoms. The maximum Gasteiger partial charge on any atom is 0.221 e. The average Bonchev–Trinajstić information content (AvgIpc) is 2.60. The van der Waals surface area contributed by atoms with Gasteiger partial charge < -0.3 is 15.0 Å². The number of piperidine rings is 1. The van der Waals surface area contributed by atoms with Crippen LogP contribution in [-0.4, -0.2) is 43.6 Å². The summed E-state index contributed by atoms with van der Waals surface area (Å²) in [7, 11) is 0. The molecule has 0 saturated carbocycles. The van der Waals surface area contributed by atoms with Gasteiger partial charge in [-0.2, -0.15) is 0 Å². The third-order valence-electron chi connectivity index (χ3n) is 4.24. The molecule has 128 valence electrons. The molecule has 1 aromatic rings. The van der Waals surface area contributed by atoms with Crippen LogP contribution in [0.1, 0.15) is 44.6 Å². The highest BCUT2D eigenvalue weighted by atomic mass is 16.5. The first-order chi connectivity index (χ1) is 11.3. The van der Waals surface area contributed by atoms with Crippen molar-refractivity contribution in [2.24, 2.45) is 0 Å². The smallest absolute Gasteiger partial charge is 0.221 e. The number of carbonyl (C=O) groups excluding carboxylic acids is 1. The van der Waals surface area contributed by atoms with Crippen molar-refractivity contribution in [3.63, 3.8) is 0 Å². The lowest BCUT2D eigenvalue weighted by Gasteiger charge is -2.25. The van der Waals surface area contributed by atoms with Gasteiger partial charge in [0.1, 0.15) is 5.75 Å². The first-order valence-corrected chi connectivity index (χ1v) is 8.98. The van der Waals surface area contributed by atoms with Crippen LogP contribution in [0, 0.1) is 0 Å². The molecule has 2 rings (SSSR count). The van der Waals surface area contributed by atoms with Crippen LogP contribution >= 0.6 is 0 Å². The summed E-state index contributed by atoms with van der Waals surface area (Å²) in [5.41, 5.74) is 1.23. The van der Waals surface area contributed by atoms with Crippen LogP contribution in [0.4, 0.5) is 0 Å². The molecule has 1 amide bonds. The Kier molecular flexibility index (Phi) is 7.95. The van der Waals surface area contributed by atoms with Gasteiger partial charge in [0.15, 0.2) is 0 Å². The summed E-state index contributed by atoms with van der Waals surface area (Å²) in [6.07, 6.45) is 6.39. The number of nitrogens with one attached hydrogen (secondary N) is 1. The largest absolute Gasteiger partial charge is 0.494 e. The van der Waals surface area contributed by atoms with Gasteiger partial charge in [0.25, 0.3) is 0 Å². The zero-order valence-electron chi connectivity index (χ0n) is 14.4. The van der Waals surface area contributed by atoms with Crippen LogP contribution in [0.25, 0.3) is 0 Å². The Bertz CT molecular complexity index is 453. The van der Waals surface area contributed by atoms with Gasteiger partial charge >= 0.3 is 0 Å². The van der Waals surface area contributed by atoms with Crippen LogP contribution in [0.3, 0.4) is 0 Å². The Morgan fingerprint density at radius 2 is 1.91 bits per heavy atom. The number of rotatable bonds is 9. The molecule has 1 aliphatic rings. The predicted molar refractivity (Wildman–Crippen MR) is 93.8 cm³/mol. The molecule has 0 atom stereocenters. The fourth-order valence-electron chi connectivity index (χ4n) is 2.85. The monoisotopic (exact) mass is 318 g/mol. The second kappa shape index (κ2) is 10.3. The standard InChI is InChI=1S/C19H30N2O2/c1-2-16-23-18-8-6-17(7-9-18)10-12-20-19(22)11-15-21-13-4-3-5-14-21/h6-9H,2-5,10-16H2,1H3,(H,20,22). The summed E-state index contributed by atoms with van der Waals surface area (Å²) in [5, 5.41) is 3.02. The Morgan fingerprint density at radius 1 is 1.17 bits per heavy atom. The Labute approximate surface area is 140 Å². The molecule has 0 aliphatic carbocycles. The second-order valence-electron chi connectivity index (χ2n) is 6.24. The number of hydrogen-bond acceptors (Lipinski definition) is 3. The molecule has 0 spiro atoms. The normalized spacial score (nSPS) is 15.3. The van der Waals surface area contributed by atoms with E-state index in [1.165, 1.54) is 24.8 Å². The molecule has 1 N–H and O–H groups in total. The molecule has 0 bridgehead atoms. The van der Waals surface area contributed by atoms with Gasteiger partial charge in [-0.25, -0.2) is 0 Å². The minimum Gasteiger partial charge on any atom is -0.494 e. The van der Waals surface area contributed by atoms with Gasteiger partial charge in [0.05, 0.1) is 6.61 Å². The molecular weight excluding hydrogens is 288 g/mol. The van der Waals surface area contributed by atoms with E-state index in [9.17, 15) is 4.79 Å². The van der Waals surface area contributed by atoms with Crippen molar-refractivity contribution in [3.8, 4) is 5.75 Å². The second-order valence-corrected chi connectivity index (χ2v) is 6.24. The summed E-state index contributed by atoms with van der Waals surface area (Å²) >= 11 is 0. The molecular formula is C19H30N2O2. The van der Waals surface area contributed by atoms with E-state index in [1.807, 2.05) is 12.1 Å². The van der Waals surface area contributed by atoms with Gasteiger partial charge in [-0.05, 0) is 56.5 Å². The van der Waals surface area contributed by atoms with Crippen molar-refractivity contribution < 1.29 is 9.53 Å². The van der Waals surface area contributed by atoms with Gasteiger partial charge in [0, 0.05) is 19.5 Å². The lowest BCUT2D eigenvalue weighted by molar-refractivity contribution is -0.121. The van der Waals surface area contributed by atoms with Crippen molar-refractivity contribution >= 4 is 5.91 Å². The summed E-state index contributed by atoms with van der Waals surface area (Å²) in [6.45, 7) is 6.76. The fraction of sp³-hybridized carbons (Fsp3) is 0.632. The lowest BCUT2D eigenvalue weighted by atomic mass is 10.1. The highest BCUT2D eigenvalue weighted by molar-refractivity contribution is 5.76. The molecule has 1 aromatic carbocycles. The highest BCUT2D eigenvalue weighted by Gasteiger charge is 2.11. The Morgan fingerprint density at radius 3 is 2.61 bits per heavy atom. The van der Waals surface area contributed by atoms with Crippen molar-refractivity contribution in [2.75, 3.05) is 32.8 Å². The maximum atomic E-state index is 11.9. The summed E-state index contributed by atoms with van der Waals surface area (Å²) in [6, 6.07) is 8.15. The van der Waals surface area contributed by atoms with Crippen LogP contribution in [-0.2, 0) is 11.2 Å². The number of nitrogens with zero attached hydrogens (tertiary/aromatic N) is 1. The van der Waals surface area contributed by atoms with E-state index in [1.54, 1.807) is 0 Å². The van der Waals surface area contributed by atoms with E-state index < -0.39 is 0 Å². The summed E-state index contributed by atoms with van der Waals surface area (Å²) in [5.74, 6) is 1.08. The predicted octanol–water partition coefficient (Wildman–Crippen LogP) is 3.01. The zero-order valence-corrected chi connectivity index (χ0v) is 14.4. The van der Waals surface area contributed by atoms with Gasteiger partial charge in [-0.15, -0.1) is 0 Å². The molecule has 1 aliphatic heterocycles. The van der Waals surface area contributed by atoms with Crippen molar-refractivity contribution in [1.29, 1.82) is 0 Å². The Hall–Kier alpha value is -1.55. The minimum atomic E-state index is 0.165. The van der Waals surface area contributed by atoms with Gasteiger partial charge in [-0.1, -0.05) is 25.5 Å². The van der Waals surface area contributed by atoms with E-state index in [-0.39, 0.29) is 5.91 Å². The van der Waals surface area contributed by atoms with E-state index >= 15 is 0 Å². The first-order valence-electron chi connectivity index (χ1n) is 8.98. The molecule has 0 aromatic heterocycles.